The monoisotopic (exact) mass is 358 g/mol. The molecule has 1 aliphatic heterocycles. The smallest absolute Gasteiger partial charge is 0.244 e. The standard InChI is InChI=1S/C14H18N4O3S.ClH/c1-21-14-5-3-2-4-13(14)18-10-12(9-16-18)22(19,20)17-11-6-7-15-8-11;/h2-5,9-11,15,17H,6-8H2,1H3;1H. The van der Waals surface area contributed by atoms with Gasteiger partial charge in [-0.15, -0.1) is 12.4 Å². The Hall–Kier alpha value is -1.61. The van der Waals surface area contributed by atoms with Gasteiger partial charge in [0, 0.05) is 12.6 Å². The summed E-state index contributed by atoms with van der Waals surface area (Å²) in [5.74, 6) is 0.627. The fraction of sp³-hybridized carbons (Fsp3) is 0.357. The number of benzene rings is 1. The van der Waals surface area contributed by atoms with Crippen LogP contribution in [0.15, 0.2) is 41.6 Å². The van der Waals surface area contributed by atoms with Crippen molar-refractivity contribution in [3.8, 4) is 11.4 Å². The second-order valence-electron chi connectivity index (χ2n) is 5.10. The third kappa shape index (κ3) is 3.84. The lowest BCUT2D eigenvalue weighted by molar-refractivity contribution is 0.411. The Morgan fingerprint density at radius 3 is 2.87 bits per heavy atom. The number of aromatic nitrogens is 2. The van der Waals surface area contributed by atoms with Gasteiger partial charge in [-0.1, -0.05) is 12.1 Å². The van der Waals surface area contributed by atoms with E-state index >= 15 is 0 Å². The first-order chi connectivity index (χ1) is 10.6. The Balaban J connectivity index is 0.00000192. The molecule has 1 atom stereocenters. The maximum absolute atomic E-state index is 12.4. The molecule has 9 heteroatoms. The zero-order valence-electron chi connectivity index (χ0n) is 12.6. The zero-order valence-corrected chi connectivity index (χ0v) is 14.2. The largest absolute Gasteiger partial charge is 0.494 e. The maximum atomic E-state index is 12.4. The molecule has 1 aliphatic rings. The molecule has 0 aliphatic carbocycles. The lowest BCUT2D eigenvalue weighted by atomic mass is 10.3. The average Bonchev–Trinajstić information content (AvgIpc) is 3.18. The number of hydrogen-bond acceptors (Lipinski definition) is 5. The highest BCUT2D eigenvalue weighted by Crippen LogP contribution is 2.22. The van der Waals surface area contributed by atoms with E-state index < -0.39 is 10.0 Å². The van der Waals surface area contributed by atoms with Gasteiger partial charge in [-0.05, 0) is 25.1 Å². The first-order valence-corrected chi connectivity index (χ1v) is 8.49. The third-order valence-electron chi connectivity index (χ3n) is 3.58. The van der Waals surface area contributed by atoms with Gasteiger partial charge in [0.2, 0.25) is 10.0 Å². The fourth-order valence-electron chi connectivity index (χ4n) is 2.44. The van der Waals surface area contributed by atoms with Gasteiger partial charge in [0.25, 0.3) is 0 Å². The molecule has 126 valence electrons. The topological polar surface area (TPSA) is 85.2 Å². The van der Waals surface area contributed by atoms with Gasteiger partial charge in [0.05, 0.1) is 19.5 Å². The molecule has 2 N–H and O–H groups in total. The van der Waals surface area contributed by atoms with E-state index in [4.69, 9.17) is 4.74 Å². The second-order valence-corrected chi connectivity index (χ2v) is 6.82. The van der Waals surface area contributed by atoms with Crippen molar-refractivity contribution in [2.75, 3.05) is 20.2 Å². The molecular formula is C14H19ClN4O3S. The lowest BCUT2D eigenvalue weighted by Gasteiger charge is -2.10. The molecule has 0 radical (unpaired) electrons. The molecule has 0 bridgehead atoms. The van der Waals surface area contributed by atoms with Crippen LogP contribution >= 0.6 is 12.4 Å². The predicted octanol–water partition coefficient (Wildman–Crippen LogP) is 0.943. The van der Waals surface area contributed by atoms with Crippen molar-refractivity contribution in [1.82, 2.24) is 19.8 Å². The van der Waals surface area contributed by atoms with Crippen LogP contribution in [0.3, 0.4) is 0 Å². The molecule has 0 amide bonds. The Labute approximate surface area is 141 Å². The van der Waals surface area contributed by atoms with Crippen molar-refractivity contribution < 1.29 is 13.2 Å². The van der Waals surface area contributed by atoms with Crippen LogP contribution in [-0.4, -0.2) is 44.4 Å². The number of halogens is 1. The predicted molar refractivity (Wildman–Crippen MR) is 89.0 cm³/mol. The molecule has 1 saturated heterocycles. The van der Waals surface area contributed by atoms with E-state index in [1.807, 2.05) is 18.2 Å². The van der Waals surface area contributed by atoms with E-state index in [9.17, 15) is 8.42 Å². The van der Waals surface area contributed by atoms with Gasteiger partial charge in [-0.25, -0.2) is 17.8 Å². The summed E-state index contributed by atoms with van der Waals surface area (Å²) in [5, 5.41) is 7.27. The maximum Gasteiger partial charge on any atom is 0.244 e. The highest BCUT2D eigenvalue weighted by molar-refractivity contribution is 7.89. The molecule has 7 nitrogen and oxygen atoms in total. The minimum Gasteiger partial charge on any atom is -0.494 e. The minimum absolute atomic E-state index is 0. The van der Waals surface area contributed by atoms with Crippen LogP contribution < -0.4 is 14.8 Å². The average molecular weight is 359 g/mol. The van der Waals surface area contributed by atoms with Gasteiger partial charge in [-0.3, -0.25) is 0 Å². The highest BCUT2D eigenvalue weighted by Gasteiger charge is 2.24. The van der Waals surface area contributed by atoms with Crippen molar-refractivity contribution in [1.29, 1.82) is 0 Å². The highest BCUT2D eigenvalue weighted by atomic mass is 35.5. The Bertz CT molecular complexity index is 757. The van der Waals surface area contributed by atoms with Crippen LogP contribution in [0.1, 0.15) is 6.42 Å². The molecule has 3 rings (SSSR count). The molecule has 2 aromatic rings. The van der Waals surface area contributed by atoms with Crippen LogP contribution in [-0.2, 0) is 10.0 Å². The van der Waals surface area contributed by atoms with Crippen molar-refractivity contribution in [2.45, 2.75) is 17.4 Å². The number of para-hydroxylation sites is 2. The molecule has 0 saturated carbocycles. The molecule has 23 heavy (non-hydrogen) atoms. The minimum atomic E-state index is -3.56. The van der Waals surface area contributed by atoms with E-state index in [0.29, 0.717) is 18.0 Å². The van der Waals surface area contributed by atoms with E-state index in [-0.39, 0.29) is 23.3 Å². The summed E-state index contributed by atoms with van der Waals surface area (Å²) in [4.78, 5) is 0.144. The molecule has 1 aromatic heterocycles. The first kappa shape index (κ1) is 17.7. The molecular weight excluding hydrogens is 340 g/mol. The van der Waals surface area contributed by atoms with E-state index in [1.54, 1.807) is 13.2 Å². The van der Waals surface area contributed by atoms with Gasteiger partial charge in [-0.2, -0.15) is 5.10 Å². The number of methoxy groups -OCH3 is 1. The number of nitrogens with one attached hydrogen (secondary N) is 2. The Morgan fingerprint density at radius 2 is 2.17 bits per heavy atom. The molecule has 1 unspecified atom stereocenters. The second kappa shape index (κ2) is 7.31. The summed E-state index contributed by atoms with van der Waals surface area (Å²) < 4.78 is 34.2. The number of rotatable bonds is 5. The molecule has 1 fully saturated rings. The summed E-state index contributed by atoms with van der Waals surface area (Å²) >= 11 is 0. The third-order valence-corrected chi connectivity index (χ3v) is 5.06. The summed E-state index contributed by atoms with van der Waals surface area (Å²) in [5.41, 5.74) is 0.689. The van der Waals surface area contributed by atoms with E-state index in [2.05, 4.69) is 15.1 Å². The number of hydrogen-bond donors (Lipinski definition) is 2. The fourth-order valence-corrected chi connectivity index (χ4v) is 3.64. The Kier molecular flexibility index (Phi) is 5.64. The normalized spacial score (nSPS) is 17.7. The lowest BCUT2D eigenvalue weighted by Crippen LogP contribution is -2.36. The van der Waals surface area contributed by atoms with E-state index in [1.165, 1.54) is 17.1 Å². The van der Waals surface area contributed by atoms with Crippen molar-refractivity contribution in [2.24, 2.45) is 0 Å². The van der Waals surface area contributed by atoms with Gasteiger partial charge >= 0.3 is 0 Å². The van der Waals surface area contributed by atoms with Gasteiger partial charge in [0.15, 0.2) is 0 Å². The number of nitrogens with zero attached hydrogens (tertiary/aromatic N) is 2. The van der Waals surface area contributed by atoms with Crippen molar-refractivity contribution in [3.05, 3.63) is 36.7 Å². The zero-order chi connectivity index (χ0) is 15.6. The molecule has 2 heterocycles. The SMILES string of the molecule is COc1ccccc1-n1cc(S(=O)(=O)NC2CCNC2)cn1.Cl. The van der Waals surface area contributed by atoms with Crippen molar-refractivity contribution >= 4 is 22.4 Å². The van der Waals surface area contributed by atoms with Crippen LogP contribution in [0.5, 0.6) is 5.75 Å². The summed E-state index contributed by atoms with van der Waals surface area (Å²) in [6.07, 6.45) is 3.62. The molecule has 0 spiro atoms. The molecule has 1 aromatic carbocycles. The first-order valence-electron chi connectivity index (χ1n) is 7.01. The summed E-state index contributed by atoms with van der Waals surface area (Å²) in [7, 11) is -2.00. The van der Waals surface area contributed by atoms with Crippen LogP contribution in [0.2, 0.25) is 0 Å². The summed E-state index contributed by atoms with van der Waals surface area (Å²) in [6.45, 7) is 1.48. The van der Waals surface area contributed by atoms with Gasteiger partial charge < -0.3 is 10.1 Å². The van der Waals surface area contributed by atoms with Crippen molar-refractivity contribution in [3.63, 3.8) is 0 Å². The number of sulfonamides is 1. The number of ether oxygens (including phenoxy) is 1. The van der Waals surface area contributed by atoms with E-state index in [0.717, 1.165) is 13.0 Å². The van der Waals surface area contributed by atoms with Crippen LogP contribution in [0.25, 0.3) is 5.69 Å². The van der Waals surface area contributed by atoms with Gasteiger partial charge in [0.1, 0.15) is 16.3 Å². The Morgan fingerprint density at radius 1 is 1.39 bits per heavy atom. The van der Waals surface area contributed by atoms with Crippen LogP contribution in [0, 0.1) is 0 Å². The summed E-state index contributed by atoms with van der Waals surface area (Å²) in [6, 6.07) is 7.23. The quantitative estimate of drug-likeness (QED) is 0.831. The van der Waals surface area contributed by atoms with Crippen LogP contribution in [0.4, 0.5) is 0 Å².